The number of rotatable bonds is 2. The molecule has 0 bridgehead atoms. The molecule has 5 heteroatoms. The maximum atomic E-state index is 12.3. The van der Waals surface area contributed by atoms with Gasteiger partial charge in [-0.1, -0.05) is 29.8 Å². The molecule has 0 unspecified atom stereocenters. The van der Waals surface area contributed by atoms with Gasteiger partial charge in [0.05, 0.1) is 23.8 Å². The average Bonchev–Trinajstić information content (AvgIpc) is 2.44. The minimum Gasteiger partial charge on any atom is -0.294 e. The molecule has 0 aliphatic rings. The van der Waals surface area contributed by atoms with Crippen LogP contribution in [0.1, 0.15) is 5.56 Å². The number of fused-ring (bicyclic) bond motifs is 1. The standard InChI is InChI=1S/C14H10ClN3O/c15-13-10(4-3-7-16-13)8-18-9-17-12-6-2-1-5-11(12)14(18)19/h1-7,9H,8H2. The molecule has 19 heavy (non-hydrogen) atoms. The van der Waals surface area contributed by atoms with Gasteiger partial charge in [0.15, 0.2) is 0 Å². The number of aromatic nitrogens is 3. The third kappa shape index (κ3) is 2.22. The second-order valence-corrected chi connectivity index (χ2v) is 4.51. The molecule has 0 saturated carbocycles. The van der Waals surface area contributed by atoms with Crippen molar-refractivity contribution >= 4 is 22.5 Å². The normalized spacial score (nSPS) is 10.8. The lowest BCUT2D eigenvalue weighted by molar-refractivity contribution is 0.745. The van der Waals surface area contributed by atoms with Crippen molar-refractivity contribution in [2.45, 2.75) is 6.54 Å². The molecule has 1 aromatic carbocycles. The quantitative estimate of drug-likeness (QED) is 0.673. The van der Waals surface area contributed by atoms with E-state index in [1.165, 1.54) is 10.9 Å². The van der Waals surface area contributed by atoms with Crippen LogP contribution in [0.25, 0.3) is 10.9 Å². The SMILES string of the molecule is O=c1c2ccccc2ncn1Cc1cccnc1Cl. The Labute approximate surface area is 114 Å². The van der Waals surface area contributed by atoms with Crippen LogP contribution in [0.2, 0.25) is 5.15 Å². The summed E-state index contributed by atoms with van der Waals surface area (Å²) in [7, 11) is 0. The fourth-order valence-corrected chi connectivity index (χ4v) is 2.12. The molecule has 3 aromatic rings. The molecule has 0 saturated heterocycles. The fourth-order valence-electron chi connectivity index (χ4n) is 1.94. The van der Waals surface area contributed by atoms with E-state index >= 15 is 0 Å². The summed E-state index contributed by atoms with van der Waals surface area (Å²) in [6, 6.07) is 10.9. The molecule has 0 N–H and O–H groups in total. The van der Waals surface area contributed by atoms with Gasteiger partial charge in [-0.25, -0.2) is 9.97 Å². The number of benzene rings is 1. The first kappa shape index (κ1) is 11.9. The molecule has 0 radical (unpaired) electrons. The van der Waals surface area contributed by atoms with Crippen molar-refractivity contribution in [3.63, 3.8) is 0 Å². The van der Waals surface area contributed by atoms with Gasteiger partial charge in [0.25, 0.3) is 5.56 Å². The molecule has 0 amide bonds. The van der Waals surface area contributed by atoms with Crippen LogP contribution >= 0.6 is 11.6 Å². The molecule has 4 nitrogen and oxygen atoms in total. The van der Waals surface area contributed by atoms with Crippen LogP contribution in [0.4, 0.5) is 0 Å². The van der Waals surface area contributed by atoms with Crippen molar-refractivity contribution < 1.29 is 0 Å². The van der Waals surface area contributed by atoms with E-state index in [1.807, 2.05) is 24.3 Å². The number of pyridine rings is 1. The Morgan fingerprint density at radius 2 is 1.95 bits per heavy atom. The van der Waals surface area contributed by atoms with Gasteiger partial charge in [0.1, 0.15) is 5.15 Å². The number of hydrogen-bond donors (Lipinski definition) is 0. The monoisotopic (exact) mass is 271 g/mol. The van der Waals surface area contributed by atoms with Crippen molar-refractivity contribution in [2.75, 3.05) is 0 Å². The van der Waals surface area contributed by atoms with E-state index < -0.39 is 0 Å². The number of hydrogen-bond acceptors (Lipinski definition) is 3. The van der Waals surface area contributed by atoms with Crippen LogP contribution in [0.3, 0.4) is 0 Å². The molecule has 0 atom stereocenters. The summed E-state index contributed by atoms with van der Waals surface area (Å²) < 4.78 is 1.53. The third-order valence-electron chi connectivity index (χ3n) is 2.91. The molecule has 0 aliphatic heterocycles. The highest BCUT2D eigenvalue weighted by atomic mass is 35.5. The van der Waals surface area contributed by atoms with Gasteiger partial charge in [0, 0.05) is 11.8 Å². The largest absolute Gasteiger partial charge is 0.294 e. The molecule has 0 aliphatic carbocycles. The minimum absolute atomic E-state index is 0.0782. The lowest BCUT2D eigenvalue weighted by Gasteiger charge is -2.07. The topological polar surface area (TPSA) is 47.8 Å². The summed E-state index contributed by atoms with van der Waals surface area (Å²) >= 11 is 6.00. The summed E-state index contributed by atoms with van der Waals surface area (Å²) in [6.45, 7) is 0.364. The van der Waals surface area contributed by atoms with Crippen molar-refractivity contribution in [3.05, 3.63) is 70.0 Å². The van der Waals surface area contributed by atoms with E-state index in [0.29, 0.717) is 22.6 Å². The minimum atomic E-state index is -0.0782. The lowest BCUT2D eigenvalue weighted by atomic mass is 10.2. The molecule has 2 heterocycles. The second-order valence-electron chi connectivity index (χ2n) is 4.15. The van der Waals surface area contributed by atoms with E-state index in [9.17, 15) is 4.79 Å². The Morgan fingerprint density at radius 1 is 1.11 bits per heavy atom. The Bertz CT molecular complexity index is 798. The van der Waals surface area contributed by atoms with Gasteiger partial charge < -0.3 is 0 Å². The summed E-state index contributed by atoms with van der Waals surface area (Å²) in [5.74, 6) is 0. The first-order valence-electron chi connectivity index (χ1n) is 5.79. The van der Waals surface area contributed by atoms with Crippen LogP contribution < -0.4 is 5.56 Å². The smallest absolute Gasteiger partial charge is 0.261 e. The molecule has 2 aromatic heterocycles. The number of nitrogens with zero attached hydrogens (tertiary/aromatic N) is 3. The first-order valence-corrected chi connectivity index (χ1v) is 6.17. The highest BCUT2D eigenvalue weighted by Crippen LogP contribution is 2.13. The molecule has 0 fully saturated rings. The van der Waals surface area contributed by atoms with E-state index in [2.05, 4.69) is 9.97 Å². The first-order chi connectivity index (χ1) is 9.25. The van der Waals surface area contributed by atoms with Gasteiger partial charge in [-0.3, -0.25) is 9.36 Å². The van der Waals surface area contributed by atoms with E-state index in [0.717, 1.165) is 5.56 Å². The fraction of sp³-hybridized carbons (Fsp3) is 0.0714. The van der Waals surface area contributed by atoms with Gasteiger partial charge in [0.2, 0.25) is 0 Å². The van der Waals surface area contributed by atoms with Gasteiger partial charge in [-0.15, -0.1) is 0 Å². The summed E-state index contributed by atoms with van der Waals surface area (Å²) in [4.78, 5) is 20.6. The number of halogens is 1. The maximum Gasteiger partial charge on any atom is 0.261 e. The lowest BCUT2D eigenvalue weighted by Crippen LogP contribution is -2.21. The zero-order chi connectivity index (χ0) is 13.2. The van der Waals surface area contributed by atoms with E-state index in [4.69, 9.17) is 11.6 Å². The van der Waals surface area contributed by atoms with Crippen LogP contribution in [-0.2, 0) is 6.54 Å². The molecule has 94 valence electrons. The Hall–Kier alpha value is -2.20. The van der Waals surface area contributed by atoms with Gasteiger partial charge in [-0.05, 0) is 18.2 Å². The van der Waals surface area contributed by atoms with Crippen molar-refractivity contribution in [2.24, 2.45) is 0 Å². The third-order valence-corrected chi connectivity index (χ3v) is 3.25. The van der Waals surface area contributed by atoms with Crippen LogP contribution in [-0.4, -0.2) is 14.5 Å². The average molecular weight is 272 g/mol. The Morgan fingerprint density at radius 3 is 2.79 bits per heavy atom. The summed E-state index contributed by atoms with van der Waals surface area (Å²) in [6.07, 6.45) is 3.15. The molecule has 0 spiro atoms. The molecular formula is C14H10ClN3O. The predicted molar refractivity (Wildman–Crippen MR) is 74.4 cm³/mol. The maximum absolute atomic E-state index is 12.3. The van der Waals surface area contributed by atoms with Crippen molar-refractivity contribution in [1.82, 2.24) is 14.5 Å². The summed E-state index contributed by atoms with van der Waals surface area (Å²) in [5.41, 5.74) is 1.41. The van der Waals surface area contributed by atoms with Crippen LogP contribution in [0.5, 0.6) is 0 Å². The van der Waals surface area contributed by atoms with Crippen LogP contribution in [0.15, 0.2) is 53.7 Å². The van der Waals surface area contributed by atoms with E-state index in [-0.39, 0.29) is 5.56 Å². The van der Waals surface area contributed by atoms with E-state index in [1.54, 1.807) is 18.3 Å². The van der Waals surface area contributed by atoms with Gasteiger partial charge in [-0.2, -0.15) is 0 Å². The number of para-hydroxylation sites is 1. The van der Waals surface area contributed by atoms with Crippen LogP contribution in [0, 0.1) is 0 Å². The van der Waals surface area contributed by atoms with Crippen molar-refractivity contribution in [1.29, 1.82) is 0 Å². The Balaban J connectivity index is 2.10. The Kier molecular flexibility index (Phi) is 3.01. The van der Waals surface area contributed by atoms with Gasteiger partial charge >= 0.3 is 0 Å². The molecule has 3 rings (SSSR count). The zero-order valence-corrected chi connectivity index (χ0v) is 10.7. The summed E-state index contributed by atoms with van der Waals surface area (Å²) in [5, 5.41) is 1.01. The molecular weight excluding hydrogens is 262 g/mol. The predicted octanol–water partition coefficient (Wildman–Crippen LogP) is 2.49. The zero-order valence-electron chi connectivity index (χ0n) is 9.95. The highest BCUT2D eigenvalue weighted by molar-refractivity contribution is 6.30. The highest BCUT2D eigenvalue weighted by Gasteiger charge is 2.06. The van der Waals surface area contributed by atoms with Crippen molar-refractivity contribution in [3.8, 4) is 0 Å². The second kappa shape index (κ2) is 4.82.